The molecular formula is C9H14O8. The van der Waals surface area contributed by atoms with E-state index in [0.717, 1.165) is 0 Å². The van der Waals surface area contributed by atoms with E-state index in [4.69, 9.17) is 20.1 Å². The molecule has 1 unspecified atom stereocenters. The van der Waals surface area contributed by atoms with E-state index in [1.54, 1.807) is 0 Å². The van der Waals surface area contributed by atoms with Crippen molar-refractivity contribution >= 4 is 5.97 Å². The van der Waals surface area contributed by atoms with E-state index in [0.29, 0.717) is 0 Å². The molecule has 1 aliphatic heterocycles. The topological polar surface area (TPSA) is 137 Å². The van der Waals surface area contributed by atoms with Crippen LogP contribution in [0.5, 0.6) is 0 Å². The van der Waals surface area contributed by atoms with Crippen LogP contribution in [0.25, 0.3) is 0 Å². The minimum atomic E-state index is -1.38. The van der Waals surface area contributed by atoms with Crippen molar-refractivity contribution < 1.29 is 39.8 Å². The fourth-order valence-corrected chi connectivity index (χ4v) is 1.19. The highest BCUT2D eigenvalue weighted by molar-refractivity contribution is 5.89. The molecule has 0 saturated heterocycles. The van der Waals surface area contributed by atoms with Crippen molar-refractivity contribution in [3.05, 3.63) is 11.5 Å². The lowest BCUT2D eigenvalue weighted by Gasteiger charge is -2.17. The summed E-state index contributed by atoms with van der Waals surface area (Å²) in [5.41, 5.74) is 0. The Labute approximate surface area is 96.3 Å². The van der Waals surface area contributed by atoms with Crippen LogP contribution in [0.4, 0.5) is 0 Å². The summed E-state index contributed by atoms with van der Waals surface area (Å²) in [6.45, 7) is -1.04. The number of carbonyl (C=O) groups is 1. The Bertz CT molecular complexity index is 312. The lowest BCUT2D eigenvalue weighted by molar-refractivity contribution is -0.149. The second-order valence-electron chi connectivity index (χ2n) is 3.50. The molecule has 17 heavy (non-hydrogen) atoms. The normalized spacial score (nSPS) is 23.7. The summed E-state index contributed by atoms with van der Waals surface area (Å²) in [6.07, 6.45) is -3.84. The Kier molecular flexibility index (Phi) is 4.70. The monoisotopic (exact) mass is 250 g/mol. The molecule has 8 heteroatoms. The van der Waals surface area contributed by atoms with Gasteiger partial charge in [0.2, 0.25) is 5.76 Å². The molecular weight excluding hydrogens is 236 g/mol. The van der Waals surface area contributed by atoms with E-state index in [-0.39, 0.29) is 13.2 Å². The van der Waals surface area contributed by atoms with Crippen molar-refractivity contribution in [2.24, 2.45) is 0 Å². The lowest BCUT2D eigenvalue weighted by Crippen LogP contribution is -2.34. The van der Waals surface area contributed by atoms with Gasteiger partial charge < -0.3 is 35.0 Å². The average Bonchev–Trinajstić information content (AvgIpc) is 2.56. The molecule has 1 aliphatic rings. The molecule has 0 amide bonds. The molecule has 3 atom stereocenters. The Morgan fingerprint density at radius 1 is 1.29 bits per heavy atom. The number of rotatable bonds is 6. The van der Waals surface area contributed by atoms with E-state index in [1.165, 1.54) is 0 Å². The molecule has 8 nitrogen and oxygen atoms in total. The maximum absolute atomic E-state index is 10.8. The highest BCUT2D eigenvalue weighted by atomic mass is 16.6. The second kappa shape index (κ2) is 5.82. The van der Waals surface area contributed by atoms with Gasteiger partial charge in [-0.05, 0) is 0 Å². The van der Waals surface area contributed by atoms with Crippen molar-refractivity contribution in [2.45, 2.75) is 18.3 Å². The zero-order valence-electron chi connectivity index (χ0n) is 8.81. The number of carbonyl (C=O) groups excluding carboxylic acids is 1. The van der Waals surface area contributed by atoms with Gasteiger partial charge in [-0.3, -0.25) is 0 Å². The highest BCUT2D eigenvalue weighted by Gasteiger charge is 2.39. The molecule has 5 N–H and O–H groups in total. The Hall–Kier alpha value is -1.35. The van der Waals surface area contributed by atoms with E-state index >= 15 is 0 Å². The number of aliphatic hydroxyl groups is 5. The number of hydrogen-bond donors (Lipinski definition) is 5. The molecule has 0 aromatic carbocycles. The minimum absolute atomic E-state index is 0.218. The van der Waals surface area contributed by atoms with Crippen LogP contribution in [0.2, 0.25) is 0 Å². The summed E-state index contributed by atoms with van der Waals surface area (Å²) in [5.74, 6) is -2.82. The number of hydrogen-bond acceptors (Lipinski definition) is 8. The molecule has 0 aromatic heterocycles. The molecule has 0 fully saturated rings. The second-order valence-corrected chi connectivity index (χ2v) is 3.50. The van der Waals surface area contributed by atoms with Crippen LogP contribution < -0.4 is 0 Å². The minimum Gasteiger partial charge on any atom is -0.505 e. The molecule has 0 saturated carbocycles. The summed E-state index contributed by atoms with van der Waals surface area (Å²) in [5, 5.41) is 45.1. The quantitative estimate of drug-likeness (QED) is 0.340. The van der Waals surface area contributed by atoms with Crippen LogP contribution in [-0.4, -0.2) is 69.6 Å². The van der Waals surface area contributed by atoms with Crippen LogP contribution in [-0.2, 0) is 14.3 Å². The van der Waals surface area contributed by atoms with Gasteiger partial charge in [-0.2, -0.15) is 0 Å². The van der Waals surface area contributed by atoms with Gasteiger partial charge in [0.15, 0.2) is 11.9 Å². The van der Waals surface area contributed by atoms with E-state index in [1.807, 2.05) is 0 Å². The van der Waals surface area contributed by atoms with Crippen LogP contribution >= 0.6 is 0 Å². The van der Waals surface area contributed by atoms with Crippen LogP contribution in [0.3, 0.4) is 0 Å². The van der Waals surface area contributed by atoms with Crippen LogP contribution in [0.15, 0.2) is 11.5 Å². The number of ether oxygens (including phenoxy) is 2. The van der Waals surface area contributed by atoms with Gasteiger partial charge in [-0.25, -0.2) is 4.79 Å². The Balaban J connectivity index is 2.39. The number of cyclic esters (lactones) is 1. The molecule has 1 rings (SSSR count). The summed E-state index contributed by atoms with van der Waals surface area (Å²) in [7, 11) is 0. The zero-order chi connectivity index (χ0) is 13.0. The van der Waals surface area contributed by atoms with Gasteiger partial charge in [0.05, 0.1) is 19.8 Å². The molecule has 0 aliphatic carbocycles. The molecule has 0 spiro atoms. The van der Waals surface area contributed by atoms with Crippen molar-refractivity contribution in [3.8, 4) is 0 Å². The Morgan fingerprint density at radius 3 is 2.41 bits per heavy atom. The smallest absolute Gasteiger partial charge is 0.377 e. The summed E-state index contributed by atoms with van der Waals surface area (Å²) >= 11 is 0. The predicted octanol–water partition coefficient (Wildman–Crippen LogP) is -2.03. The fourth-order valence-electron chi connectivity index (χ4n) is 1.19. The van der Waals surface area contributed by atoms with E-state index in [9.17, 15) is 15.0 Å². The molecule has 0 bridgehead atoms. The molecule has 98 valence electrons. The van der Waals surface area contributed by atoms with Gasteiger partial charge in [0.25, 0.3) is 0 Å². The standard InChI is InChI=1S/C9H14O8/c10-1-4(11)2-16-3-5(12)8-6(13)7(14)9(15)17-8/h4-5,8,10-14H,1-3H2/t4?,5-,8+/m0/s1. The SMILES string of the molecule is O=C1O[C@H]([C@@H](O)COCC(O)CO)C(O)=C1O. The van der Waals surface area contributed by atoms with Crippen molar-refractivity contribution in [1.82, 2.24) is 0 Å². The van der Waals surface area contributed by atoms with Gasteiger partial charge in [0.1, 0.15) is 12.2 Å². The third-order valence-corrected chi connectivity index (χ3v) is 2.10. The maximum Gasteiger partial charge on any atom is 0.377 e. The van der Waals surface area contributed by atoms with Gasteiger partial charge >= 0.3 is 5.97 Å². The van der Waals surface area contributed by atoms with Gasteiger partial charge in [-0.1, -0.05) is 0 Å². The summed E-state index contributed by atoms with van der Waals surface area (Å²) in [4.78, 5) is 10.8. The van der Waals surface area contributed by atoms with Crippen LogP contribution in [0.1, 0.15) is 0 Å². The average molecular weight is 250 g/mol. The fraction of sp³-hybridized carbons (Fsp3) is 0.667. The molecule has 0 aromatic rings. The lowest BCUT2D eigenvalue weighted by atomic mass is 10.2. The van der Waals surface area contributed by atoms with E-state index < -0.39 is 42.4 Å². The Morgan fingerprint density at radius 2 is 1.94 bits per heavy atom. The first-order chi connectivity index (χ1) is 7.97. The van der Waals surface area contributed by atoms with Crippen molar-refractivity contribution in [1.29, 1.82) is 0 Å². The third-order valence-electron chi connectivity index (χ3n) is 2.10. The zero-order valence-corrected chi connectivity index (χ0v) is 8.81. The summed E-state index contributed by atoms with van der Waals surface area (Å²) < 4.78 is 9.29. The van der Waals surface area contributed by atoms with Crippen molar-refractivity contribution in [3.63, 3.8) is 0 Å². The van der Waals surface area contributed by atoms with Gasteiger partial charge in [-0.15, -0.1) is 0 Å². The maximum atomic E-state index is 10.8. The first kappa shape index (κ1) is 13.7. The molecule has 0 radical (unpaired) electrons. The first-order valence-electron chi connectivity index (χ1n) is 4.85. The third kappa shape index (κ3) is 3.30. The first-order valence-corrected chi connectivity index (χ1v) is 4.85. The van der Waals surface area contributed by atoms with E-state index in [2.05, 4.69) is 4.74 Å². The molecule has 1 heterocycles. The summed E-state index contributed by atoms with van der Waals surface area (Å²) in [6, 6.07) is 0. The number of aliphatic hydroxyl groups excluding tert-OH is 5. The van der Waals surface area contributed by atoms with Crippen molar-refractivity contribution in [2.75, 3.05) is 19.8 Å². The van der Waals surface area contributed by atoms with Gasteiger partial charge in [0, 0.05) is 0 Å². The largest absolute Gasteiger partial charge is 0.505 e. The van der Waals surface area contributed by atoms with Crippen LogP contribution in [0, 0.1) is 0 Å². The predicted molar refractivity (Wildman–Crippen MR) is 52.1 cm³/mol. The highest BCUT2D eigenvalue weighted by Crippen LogP contribution is 2.21. The number of esters is 1.